The fraction of sp³-hybridized carbons (Fsp3) is 0.250. The summed E-state index contributed by atoms with van der Waals surface area (Å²) in [6.45, 7) is 0.625. The van der Waals surface area contributed by atoms with Crippen LogP contribution < -0.4 is 4.90 Å². The molecule has 2 heterocycles. The SMILES string of the molecule is O=C(OCc1ccccc1)N1CCC(O)c2cccnc21. The fourth-order valence-corrected chi connectivity index (χ4v) is 2.38. The second-order valence-electron chi connectivity index (χ2n) is 4.91. The van der Waals surface area contributed by atoms with Gasteiger partial charge in [0.25, 0.3) is 0 Å². The van der Waals surface area contributed by atoms with Crippen molar-refractivity contribution in [2.75, 3.05) is 11.4 Å². The lowest BCUT2D eigenvalue weighted by Crippen LogP contribution is -2.37. The fourth-order valence-electron chi connectivity index (χ4n) is 2.38. The number of carbonyl (C=O) groups is 1. The number of hydrogen-bond acceptors (Lipinski definition) is 4. The molecule has 0 bridgehead atoms. The monoisotopic (exact) mass is 284 g/mol. The van der Waals surface area contributed by atoms with Crippen molar-refractivity contribution in [1.29, 1.82) is 0 Å². The van der Waals surface area contributed by atoms with Crippen LogP contribution in [-0.4, -0.2) is 22.7 Å². The average Bonchev–Trinajstić information content (AvgIpc) is 2.54. The van der Waals surface area contributed by atoms with Crippen molar-refractivity contribution < 1.29 is 14.6 Å². The molecule has 1 aromatic carbocycles. The van der Waals surface area contributed by atoms with Crippen molar-refractivity contribution in [1.82, 2.24) is 4.98 Å². The first-order valence-electron chi connectivity index (χ1n) is 6.87. The molecular weight excluding hydrogens is 268 g/mol. The number of aliphatic hydroxyl groups excluding tert-OH is 1. The van der Waals surface area contributed by atoms with Crippen LogP contribution in [0.5, 0.6) is 0 Å². The maximum Gasteiger partial charge on any atom is 0.415 e. The smallest absolute Gasteiger partial charge is 0.415 e. The van der Waals surface area contributed by atoms with Gasteiger partial charge in [-0.25, -0.2) is 9.78 Å². The van der Waals surface area contributed by atoms with Gasteiger partial charge in [0.15, 0.2) is 0 Å². The van der Waals surface area contributed by atoms with E-state index in [-0.39, 0.29) is 6.61 Å². The molecule has 5 nitrogen and oxygen atoms in total. The standard InChI is InChI=1S/C16H16N2O3/c19-14-8-10-18(15-13(14)7-4-9-17-15)16(20)21-11-12-5-2-1-3-6-12/h1-7,9,14,19H,8,10-11H2. The molecule has 1 amide bonds. The highest BCUT2D eigenvalue weighted by atomic mass is 16.6. The first-order chi connectivity index (χ1) is 10.3. The minimum absolute atomic E-state index is 0.223. The predicted molar refractivity (Wildman–Crippen MR) is 77.8 cm³/mol. The number of hydrogen-bond donors (Lipinski definition) is 1. The van der Waals surface area contributed by atoms with Crippen molar-refractivity contribution in [3.8, 4) is 0 Å². The van der Waals surface area contributed by atoms with Gasteiger partial charge in [-0.2, -0.15) is 0 Å². The van der Waals surface area contributed by atoms with E-state index < -0.39 is 12.2 Å². The van der Waals surface area contributed by atoms with Crippen LogP contribution in [-0.2, 0) is 11.3 Å². The summed E-state index contributed by atoms with van der Waals surface area (Å²) in [4.78, 5) is 17.9. The summed E-state index contributed by atoms with van der Waals surface area (Å²) in [6.07, 6.45) is 1.07. The van der Waals surface area contributed by atoms with E-state index >= 15 is 0 Å². The predicted octanol–water partition coefficient (Wildman–Crippen LogP) is 2.66. The summed E-state index contributed by atoms with van der Waals surface area (Å²) < 4.78 is 5.33. The molecule has 3 rings (SSSR count). The Morgan fingerprint density at radius 1 is 1.29 bits per heavy atom. The molecule has 0 aliphatic carbocycles. The third-order valence-corrected chi connectivity index (χ3v) is 3.48. The van der Waals surface area contributed by atoms with Crippen LogP contribution in [0.4, 0.5) is 10.6 Å². The second-order valence-corrected chi connectivity index (χ2v) is 4.91. The van der Waals surface area contributed by atoms with E-state index in [2.05, 4.69) is 4.98 Å². The molecule has 0 spiro atoms. The van der Waals surface area contributed by atoms with Crippen LogP contribution in [0.1, 0.15) is 23.7 Å². The van der Waals surface area contributed by atoms with Gasteiger partial charge in [-0.3, -0.25) is 4.90 Å². The van der Waals surface area contributed by atoms with Gasteiger partial charge in [0.1, 0.15) is 12.4 Å². The third-order valence-electron chi connectivity index (χ3n) is 3.48. The molecular formula is C16H16N2O3. The Kier molecular flexibility index (Phi) is 3.83. The van der Waals surface area contributed by atoms with Gasteiger partial charge in [0.2, 0.25) is 0 Å². The molecule has 0 saturated carbocycles. The molecule has 1 aromatic heterocycles. The number of anilines is 1. The highest BCUT2D eigenvalue weighted by molar-refractivity contribution is 5.87. The average molecular weight is 284 g/mol. The molecule has 0 fully saturated rings. The van der Waals surface area contributed by atoms with Gasteiger partial charge in [0, 0.05) is 18.3 Å². The zero-order chi connectivity index (χ0) is 14.7. The van der Waals surface area contributed by atoms with Crippen LogP contribution in [0.25, 0.3) is 0 Å². The van der Waals surface area contributed by atoms with E-state index in [0.717, 1.165) is 5.56 Å². The van der Waals surface area contributed by atoms with Crippen molar-refractivity contribution in [3.63, 3.8) is 0 Å². The number of aliphatic hydroxyl groups is 1. The Morgan fingerprint density at radius 2 is 2.10 bits per heavy atom. The van der Waals surface area contributed by atoms with E-state index in [0.29, 0.717) is 24.3 Å². The largest absolute Gasteiger partial charge is 0.444 e. The Labute approximate surface area is 122 Å². The lowest BCUT2D eigenvalue weighted by Gasteiger charge is -2.30. The maximum atomic E-state index is 12.2. The molecule has 108 valence electrons. The number of pyridine rings is 1. The zero-order valence-corrected chi connectivity index (χ0v) is 11.5. The van der Waals surface area contributed by atoms with E-state index in [9.17, 15) is 9.90 Å². The van der Waals surface area contributed by atoms with E-state index in [1.807, 2.05) is 30.3 Å². The first kappa shape index (κ1) is 13.6. The Balaban J connectivity index is 1.72. The molecule has 1 aliphatic rings. The van der Waals surface area contributed by atoms with Crippen LogP contribution in [0, 0.1) is 0 Å². The van der Waals surface area contributed by atoms with Gasteiger partial charge >= 0.3 is 6.09 Å². The quantitative estimate of drug-likeness (QED) is 0.921. The topological polar surface area (TPSA) is 62.7 Å². The van der Waals surface area contributed by atoms with Crippen LogP contribution in [0.2, 0.25) is 0 Å². The second kappa shape index (κ2) is 5.93. The minimum Gasteiger partial charge on any atom is -0.444 e. The molecule has 1 unspecified atom stereocenters. The maximum absolute atomic E-state index is 12.2. The van der Waals surface area contributed by atoms with Gasteiger partial charge in [0.05, 0.1) is 6.10 Å². The molecule has 1 aliphatic heterocycles. The molecule has 1 N–H and O–H groups in total. The molecule has 5 heteroatoms. The normalized spacial score (nSPS) is 17.2. The Hall–Kier alpha value is -2.40. The van der Waals surface area contributed by atoms with Gasteiger partial charge < -0.3 is 9.84 Å². The van der Waals surface area contributed by atoms with Gasteiger partial charge in [-0.05, 0) is 18.1 Å². The number of ether oxygens (including phenoxy) is 1. The number of amides is 1. The Bertz CT molecular complexity index is 630. The van der Waals surface area contributed by atoms with Gasteiger partial charge in [-0.15, -0.1) is 0 Å². The highest BCUT2D eigenvalue weighted by Crippen LogP contribution is 2.31. The van der Waals surface area contributed by atoms with Crippen molar-refractivity contribution in [2.24, 2.45) is 0 Å². The minimum atomic E-state index is -0.577. The number of nitrogens with zero attached hydrogens (tertiary/aromatic N) is 2. The van der Waals surface area contributed by atoms with Crippen molar-refractivity contribution in [2.45, 2.75) is 19.1 Å². The van der Waals surface area contributed by atoms with Crippen molar-refractivity contribution >= 4 is 11.9 Å². The van der Waals surface area contributed by atoms with Crippen LogP contribution in [0.3, 0.4) is 0 Å². The number of carbonyl (C=O) groups excluding carboxylic acids is 1. The number of fused-ring (bicyclic) bond motifs is 1. The Morgan fingerprint density at radius 3 is 2.90 bits per heavy atom. The third kappa shape index (κ3) is 2.87. The molecule has 0 radical (unpaired) electrons. The highest BCUT2D eigenvalue weighted by Gasteiger charge is 2.29. The number of benzene rings is 1. The zero-order valence-electron chi connectivity index (χ0n) is 11.5. The molecule has 1 atom stereocenters. The van der Waals surface area contributed by atoms with E-state index in [1.165, 1.54) is 4.90 Å². The lowest BCUT2D eigenvalue weighted by molar-refractivity contribution is 0.137. The molecule has 21 heavy (non-hydrogen) atoms. The van der Waals surface area contributed by atoms with Gasteiger partial charge in [-0.1, -0.05) is 36.4 Å². The summed E-state index contributed by atoms with van der Waals surface area (Å²) in [5.41, 5.74) is 1.60. The molecule has 2 aromatic rings. The van der Waals surface area contributed by atoms with E-state index in [1.54, 1.807) is 18.3 Å². The number of aromatic nitrogens is 1. The summed E-state index contributed by atoms with van der Waals surface area (Å²) in [5.74, 6) is 0.481. The summed E-state index contributed by atoms with van der Waals surface area (Å²) in [6, 6.07) is 13.1. The summed E-state index contributed by atoms with van der Waals surface area (Å²) in [7, 11) is 0. The first-order valence-corrected chi connectivity index (χ1v) is 6.87. The summed E-state index contributed by atoms with van der Waals surface area (Å²) in [5, 5.41) is 9.95. The molecule has 0 saturated heterocycles. The number of rotatable bonds is 2. The lowest BCUT2D eigenvalue weighted by atomic mass is 10.0. The van der Waals surface area contributed by atoms with Crippen molar-refractivity contribution in [3.05, 3.63) is 59.8 Å². The van der Waals surface area contributed by atoms with E-state index in [4.69, 9.17) is 4.74 Å². The van der Waals surface area contributed by atoms with Crippen LogP contribution >= 0.6 is 0 Å². The summed E-state index contributed by atoms with van der Waals surface area (Å²) >= 11 is 0. The van der Waals surface area contributed by atoms with Crippen LogP contribution in [0.15, 0.2) is 48.7 Å².